The van der Waals surface area contributed by atoms with Gasteiger partial charge in [-0.15, -0.1) is 0 Å². The molecule has 0 spiro atoms. The monoisotopic (exact) mass is 352 g/mol. The maximum Gasteiger partial charge on any atom is 0.255 e. The first-order chi connectivity index (χ1) is 11.1. The van der Waals surface area contributed by atoms with Crippen molar-refractivity contribution in [2.45, 2.75) is 0 Å². The first kappa shape index (κ1) is 16.1. The molecular weight excluding hydrogens is 338 g/mol. The molecule has 23 heavy (non-hydrogen) atoms. The number of carbonyl (C=O) groups is 1. The normalized spacial score (nSPS) is 14.9. The third-order valence-corrected chi connectivity index (χ3v) is 4.76. The van der Waals surface area contributed by atoms with Crippen molar-refractivity contribution in [1.29, 1.82) is 0 Å². The predicted octanol–water partition coefficient (Wildman–Crippen LogP) is 4.09. The van der Waals surface area contributed by atoms with Gasteiger partial charge in [0.25, 0.3) is 5.91 Å². The minimum atomic E-state index is -0.252. The lowest BCUT2D eigenvalue weighted by Crippen LogP contribution is -2.48. The Kier molecular flexibility index (Phi) is 4.74. The molecule has 0 atom stereocenters. The largest absolute Gasteiger partial charge is 0.368 e. The molecule has 0 N–H and O–H groups in total. The molecule has 1 heterocycles. The molecule has 0 radical (unpaired) electrons. The van der Waals surface area contributed by atoms with Crippen molar-refractivity contribution < 1.29 is 9.18 Å². The van der Waals surface area contributed by atoms with Gasteiger partial charge < -0.3 is 9.80 Å². The average Bonchev–Trinajstić information content (AvgIpc) is 2.58. The van der Waals surface area contributed by atoms with Gasteiger partial charge >= 0.3 is 0 Å². The summed E-state index contributed by atoms with van der Waals surface area (Å²) in [6.07, 6.45) is 0. The zero-order valence-electron chi connectivity index (χ0n) is 12.3. The van der Waals surface area contributed by atoms with Crippen molar-refractivity contribution in [2.24, 2.45) is 0 Å². The van der Waals surface area contributed by atoms with Crippen molar-refractivity contribution >= 4 is 34.8 Å². The fourth-order valence-corrected chi connectivity index (χ4v) is 3.04. The third kappa shape index (κ3) is 3.43. The van der Waals surface area contributed by atoms with Crippen LogP contribution < -0.4 is 4.90 Å². The number of piperazine rings is 1. The number of hydrogen-bond donors (Lipinski definition) is 0. The molecule has 3 nitrogen and oxygen atoms in total. The van der Waals surface area contributed by atoms with Gasteiger partial charge in [0.15, 0.2) is 0 Å². The summed E-state index contributed by atoms with van der Waals surface area (Å²) >= 11 is 12.1. The van der Waals surface area contributed by atoms with Crippen LogP contribution in [-0.4, -0.2) is 37.0 Å². The molecule has 0 unspecified atom stereocenters. The molecule has 1 fully saturated rings. The van der Waals surface area contributed by atoms with Gasteiger partial charge in [-0.05, 0) is 36.4 Å². The number of rotatable bonds is 2. The molecule has 3 rings (SSSR count). The Labute approximate surface area is 144 Å². The van der Waals surface area contributed by atoms with Crippen LogP contribution in [0.25, 0.3) is 0 Å². The van der Waals surface area contributed by atoms with Crippen LogP contribution in [0.15, 0.2) is 42.5 Å². The fraction of sp³-hybridized carbons (Fsp3) is 0.235. The van der Waals surface area contributed by atoms with E-state index in [9.17, 15) is 9.18 Å². The quantitative estimate of drug-likeness (QED) is 0.812. The molecule has 2 aromatic carbocycles. The van der Waals surface area contributed by atoms with E-state index in [4.69, 9.17) is 23.2 Å². The molecule has 120 valence electrons. The Morgan fingerprint density at radius 1 is 0.957 bits per heavy atom. The first-order valence-electron chi connectivity index (χ1n) is 7.30. The predicted molar refractivity (Wildman–Crippen MR) is 91.0 cm³/mol. The highest BCUT2D eigenvalue weighted by Crippen LogP contribution is 2.27. The molecule has 1 amide bonds. The number of benzene rings is 2. The lowest BCUT2D eigenvalue weighted by molar-refractivity contribution is 0.0747. The van der Waals surface area contributed by atoms with Crippen molar-refractivity contribution in [3.63, 3.8) is 0 Å². The minimum absolute atomic E-state index is 0.115. The molecule has 2 aromatic rings. The second-order valence-corrected chi connectivity index (χ2v) is 6.14. The third-order valence-electron chi connectivity index (χ3n) is 3.94. The van der Waals surface area contributed by atoms with Gasteiger partial charge in [0, 0.05) is 31.9 Å². The minimum Gasteiger partial charge on any atom is -0.368 e. The summed E-state index contributed by atoms with van der Waals surface area (Å²) < 4.78 is 13.0. The van der Waals surface area contributed by atoms with Crippen LogP contribution >= 0.6 is 23.2 Å². The number of anilines is 1. The second kappa shape index (κ2) is 6.77. The van der Waals surface area contributed by atoms with Crippen molar-refractivity contribution in [2.75, 3.05) is 31.1 Å². The lowest BCUT2D eigenvalue weighted by atomic mass is 10.1. The number of hydrogen-bond acceptors (Lipinski definition) is 2. The van der Waals surface area contributed by atoms with Gasteiger partial charge in [0.05, 0.1) is 15.6 Å². The summed E-state index contributed by atoms with van der Waals surface area (Å²) in [4.78, 5) is 16.5. The smallest absolute Gasteiger partial charge is 0.255 e. The Hall–Kier alpha value is -1.78. The first-order valence-corrected chi connectivity index (χ1v) is 8.05. The number of halogens is 3. The van der Waals surface area contributed by atoms with Crippen LogP contribution in [0, 0.1) is 5.82 Å². The van der Waals surface area contributed by atoms with Gasteiger partial charge in [0.2, 0.25) is 0 Å². The number of amides is 1. The molecule has 1 saturated heterocycles. The van der Waals surface area contributed by atoms with E-state index in [0.29, 0.717) is 41.8 Å². The fourth-order valence-electron chi connectivity index (χ4n) is 2.66. The van der Waals surface area contributed by atoms with E-state index in [-0.39, 0.29) is 11.7 Å². The van der Waals surface area contributed by atoms with Gasteiger partial charge in [-0.3, -0.25) is 4.79 Å². The molecular formula is C17H15Cl2FN2O. The molecule has 0 saturated carbocycles. The van der Waals surface area contributed by atoms with Crippen LogP contribution in [0.1, 0.15) is 10.4 Å². The highest BCUT2D eigenvalue weighted by molar-refractivity contribution is 6.43. The van der Waals surface area contributed by atoms with Crippen LogP contribution in [0.4, 0.5) is 10.1 Å². The molecule has 0 aromatic heterocycles. The van der Waals surface area contributed by atoms with Gasteiger partial charge in [0.1, 0.15) is 5.82 Å². The van der Waals surface area contributed by atoms with E-state index in [2.05, 4.69) is 4.90 Å². The lowest BCUT2D eigenvalue weighted by Gasteiger charge is -2.36. The SMILES string of the molecule is O=C(c1cccc(Cl)c1Cl)N1CCN(c2ccc(F)cc2)CC1. The van der Waals surface area contributed by atoms with Crippen LogP contribution in [0.2, 0.25) is 10.0 Å². The number of carbonyl (C=O) groups excluding carboxylic acids is 1. The zero-order chi connectivity index (χ0) is 16.4. The maximum atomic E-state index is 13.0. The highest BCUT2D eigenvalue weighted by Gasteiger charge is 2.24. The summed E-state index contributed by atoms with van der Waals surface area (Å²) in [7, 11) is 0. The van der Waals surface area contributed by atoms with Crippen molar-refractivity contribution in [3.8, 4) is 0 Å². The molecule has 0 aliphatic carbocycles. The summed E-state index contributed by atoms with van der Waals surface area (Å²) in [5.41, 5.74) is 1.38. The Balaban J connectivity index is 1.68. The summed E-state index contributed by atoms with van der Waals surface area (Å²) in [6, 6.07) is 11.4. The van der Waals surface area contributed by atoms with E-state index in [1.54, 1.807) is 35.2 Å². The Morgan fingerprint density at radius 2 is 1.61 bits per heavy atom. The molecule has 0 bridgehead atoms. The van der Waals surface area contributed by atoms with Crippen LogP contribution in [-0.2, 0) is 0 Å². The van der Waals surface area contributed by atoms with Crippen molar-refractivity contribution in [1.82, 2.24) is 4.90 Å². The Bertz CT molecular complexity index is 713. The number of nitrogens with zero attached hydrogens (tertiary/aromatic N) is 2. The van der Waals surface area contributed by atoms with Gasteiger partial charge in [-0.25, -0.2) is 4.39 Å². The standard InChI is InChI=1S/C17H15Cl2FN2O/c18-15-3-1-2-14(16(15)19)17(23)22-10-8-21(9-11-22)13-6-4-12(20)5-7-13/h1-7H,8-11H2. The van der Waals surface area contributed by atoms with Gasteiger partial charge in [-0.1, -0.05) is 29.3 Å². The molecule has 1 aliphatic rings. The summed E-state index contributed by atoms with van der Waals surface area (Å²) in [5.74, 6) is -0.366. The maximum absolute atomic E-state index is 13.0. The molecule has 1 aliphatic heterocycles. The summed E-state index contributed by atoms with van der Waals surface area (Å²) in [5, 5.41) is 0.669. The van der Waals surface area contributed by atoms with E-state index in [0.717, 1.165) is 5.69 Å². The van der Waals surface area contributed by atoms with E-state index in [1.807, 2.05) is 0 Å². The van der Waals surface area contributed by atoms with E-state index in [1.165, 1.54) is 12.1 Å². The highest BCUT2D eigenvalue weighted by atomic mass is 35.5. The summed E-state index contributed by atoms with van der Waals surface area (Å²) in [6.45, 7) is 2.54. The van der Waals surface area contributed by atoms with E-state index >= 15 is 0 Å². The topological polar surface area (TPSA) is 23.6 Å². The van der Waals surface area contributed by atoms with Gasteiger partial charge in [-0.2, -0.15) is 0 Å². The van der Waals surface area contributed by atoms with Crippen LogP contribution in [0.3, 0.4) is 0 Å². The van der Waals surface area contributed by atoms with Crippen LogP contribution in [0.5, 0.6) is 0 Å². The molecule has 6 heteroatoms. The zero-order valence-corrected chi connectivity index (χ0v) is 13.8. The van der Waals surface area contributed by atoms with E-state index < -0.39 is 0 Å². The second-order valence-electron chi connectivity index (χ2n) is 5.36. The Morgan fingerprint density at radius 3 is 2.26 bits per heavy atom. The average molecular weight is 353 g/mol. The van der Waals surface area contributed by atoms with Crippen molar-refractivity contribution in [3.05, 3.63) is 63.9 Å².